The number of benzene rings is 3. The first-order chi connectivity index (χ1) is 17.5. The van der Waals surface area contributed by atoms with Crippen LogP contribution in [0.5, 0.6) is 5.75 Å². The molecule has 0 fully saturated rings. The lowest BCUT2D eigenvalue weighted by Crippen LogP contribution is -2.36. The summed E-state index contributed by atoms with van der Waals surface area (Å²) in [7, 11) is 0. The molecule has 0 aliphatic rings. The molecule has 0 heterocycles. The Hall–Kier alpha value is -3.03. The van der Waals surface area contributed by atoms with Crippen molar-refractivity contribution in [1.82, 2.24) is 4.90 Å². The monoisotopic (exact) mass is 533 g/mol. The minimum absolute atomic E-state index is 0.0287. The third-order valence-corrected chi connectivity index (χ3v) is 6.76. The summed E-state index contributed by atoms with van der Waals surface area (Å²) in [6.07, 6.45) is -4.00. The largest absolute Gasteiger partial charge is 0.494 e. The average molecular weight is 534 g/mol. The third-order valence-electron chi connectivity index (χ3n) is 6.32. The molecule has 0 saturated heterocycles. The van der Waals surface area contributed by atoms with Gasteiger partial charge >= 0.3 is 12.1 Å². The minimum atomic E-state index is -4.52. The Bertz CT molecular complexity index is 1170. The summed E-state index contributed by atoms with van der Waals surface area (Å²) in [4.78, 5) is 13.1. The number of hydrogen-bond donors (Lipinski definition) is 1. The third kappa shape index (κ3) is 8.51. The number of hydrogen-bond acceptors (Lipinski definition) is 3. The molecule has 1 N–H and O–H groups in total. The van der Waals surface area contributed by atoms with Gasteiger partial charge in [0.25, 0.3) is 0 Å². The lowest BCUT2D eigenvalue weighted by Gasteiger charge is -2.32. The summed E-state index contributed by atoms with van der Waals surface area (Å²) in [6.45, 7) is 5.35. The highest BCUT2D eigenvalue weighted by Crippen LogP contribution is 2.37. The van der Waals surface area contributed by atoms with E-state index in [4.69, 9.17) is 21.4 Å². The fourth-order valence-corrected chi connectivity index (χ4v) is 4.52. The topological polar surface area (TPSA) is 49.8 Å². The molecule has 3 rings (SSSR count). The molecule has 37 heavy (non-hydrogen) atoms. The molecule has 2 atom stereocenters. The van der Waals surface area contributed by atoms with Gasteiger partial charge in [-0.25, -0.2) is 0 Å². The lowest BCUT2D eigenvalue weighted by atomic mass is 9.99. The molecule has 0 bridgehead atoms. The fraction of sp³-hybridized carbons (Fsp3) is 0.345. The first-order valence-electron chi connectivity index (χ1n) is 12.1. The SMILES string of the molecule is CC(CN(Cc1cccc(C(F)(F)F)c1Cl)C(C)CCOc1cccc(CC(=O)O)c1)c1ccccc1. The van der Waals surface area contributed by atoms with Gasteiger partial charge in [-0.3, -0.25) is 9.69 Å². The van der Waals surface area contributed by atoms with E-state index >= 15 is 0 Å². The molecule has 0 saturated carbocycles. The molecule has 3 aromatic carbocycles. The standard InChI is InChI=1S/C29H31ClF3NO3/c1-20(23-9-4-3-5-10-23)18-34(19-24-11-7-13-26(28(24)30)29(31,32)33)21(2)14-15-37-25-12-6-8-22(16-25)17-27(35)36/h3-13,16,20-21H,14-15,17-19H2,1-2H3,(H,35,36). The maximum absolute atomic E-state index is 13.4. The molecule has 0 spiro atoms. The van der Waals surface area contributed by atoms with E-state index < -0.39 is 17.7 Å². The number of carbonyl (C=O) groups is 1. The normalized spacial score (nSPS) is 13.4. The fourth-order valence-electron chi connectivity index (χ4n) is 4.23. The number of carboxylic acid groups (broad SMARTS) is 1. The van der Waals surface area contributed by atoms with E-state index in [0.717, 1.165) is 11.6 Å². The Morgan fingerprint density at radius 1 is 1.03 bits per heavy atom. The van der Waals surface area contributed by atoms with Crippen LogP contribution in [0.2, 0.25) is 5.02 Å². The summed E-state index contributed by atoms with van der Waals surface area (Å²) in [6, 6.07) is 20.9. The number of rotatable bonds is 12. The van der Waals surface area contributed by atoms with Crippen molar-refractivity contribution in [3.8, 4) is 5.75 Å². The van der Waals surface area contributed by atoms with Gasteiger partial charge in [0, 0.05) is 19.1 Å². The second-order valence-electron chi connectivity index (χ2n) is 9.22. The van der Waals surface area contributed by atoms with Crippen molar-refractivity contribution >= 4 is 17.6 Å². The van der Waals surface area contributed by atoms with Crippen LogP contribution in [0, 0.1) is 0 Å². The molecule has 8 heteroatoms. The van der Waals surface area contributed by atoms with Gasteiger partial charge in [0.05, 0.1) is 23.6 Å². The van der Waals surface area contributed by atoms with Gasteiger partial charge in [0.15, 0.2) is 0 Å². The second-order valence-corrected chi connectivity index (χ2v) is 9.60. The van der Waals surface area contributed by atoms with Crippen LogP contribution in [0.3, 0.4) is 0 Å². The van der Waals surface area contributed by atoms with E-state index in [-0.39, 0.29) is 29.9 Å². The van der Waals surface area contributed by atoms with E-state index in [0.29, 0.717) is 36.4 Å². The van der Waals surface area contributed by atoms with E-state index in [1.165, 1.54) is 6.07 Å². The second kappa shape index (κ2) is 13.0. The zero-order valence-electron chi connectivity index (χ0n) is 20.8. The number of carboxylic acids is 1. The van der Waals surface area contributed by atoms with Crippen LogP contribution in [-0.2, 0) is 23.9 Å². The summed E-state index contributed by atoms with van der Waals surface area (Å²) in [5.41, 5.74) is 1.38. The summed E-state index contributed by atoms with van der Waals surface area (Å²) < 4.78 is 46.2. The predicted octanol–water partition coefficient (Wildman–Crippen LogP) is 7.45. The van der Waals surface area contributed by atoms with Crippen molar-refractivity contribution in [3.05, 3.63) is 100 Å². The van der Waals surface area contributed by atoms with Gasteiger partial charge < -0.3 is 9.84 Å². The van der Waals surface area contributed by atoms with Gasteiger partial charge in [-0.05, 0) is 54.2 Å². The van der Waals surface area contributed by atoms with Gasteiger partial charge in [-0.2, -0.15) is 13.2 Å². The Morgan fingerprint density at radius 2 is 1.73 bits per heavy atom. The van der Waals surface area contributed by atoms with Gasteiger partial charge in [0.1, 0.15) is 5.75 Å². The zero-order valence-corrected chi connectivity index (χ0v) is 21.6. The highest BCUT2D eigenvalue weighted by atomic mass is 35.5. The molecule has 0 aromatic heterocycles. The maximum Gasteiger partial charge on any atom is 0.417 e. The molecule has 0 radical (unpaired) electrons. The number of halogens is 4. The predicted molar refractivity (Wildman–Crippen MR) is 139 cm³/mol. The van der Waals surface area contributed by atoms with Crippen LogP contribution < -0.4 is 4.74 Å². The Morgan fingerprint density at radius 3 is 2.41 bits per heavy atom. The van der Waals surface area contributed by atoms with Crippen molar-refractivity contribution in [2.75, 3.05) is 13.2 Å². The van der Waals surface area contributed by atoms with Crippen molar-refractivity contribution in [2.24, 2.45) is 0 Å². The van der Waals surface area contributed by atoms with E-state index in [1.54, 1.807) is 30.3 Å². The van der Waals surface area contributed by atoms with Gasteiger partial charge in [0.2, 0.25) is 0 Å². The maximum atomic E-state index is 13.4. The Labute approximate surface area is 220 Å². The number of aliphatic carboxylic acids is 1. The van der Waals surface area contributed by atoms with Crippen molar-refractivity contribution < 1.29 is 27.8 Å². The summed E-state index contributed by atoms with van der Waals surface area (Å²) >= 11 is 6.22. The van der Waals surface area contributed by atoms with E-state index in [1.807, 2.05) is 37.3 Å². The first-order valence-corrected chi connectivity index (χ1v) is 12.5. The molecule has 4 nitrogen and oxygen atoms in total. The molecule has 2 unspecified atom stereocenters. The average Bonchev–Trinajstić information content (AvgIpc) is 2.84. The number of ether oxygens (including phenoxy) is 1. The van der Waals surface area contributed by atoms with Crippen LogP contribution in [-0.4, -0.2) is 35.2 Å². The molecule has 3 aromatic rings. The summed E-state index contributed by atoms with van der Waals surface area (Å²) in [5, 5.41) is 8.73. The Kier molecular flexibility index (Phi) is 10.0. The highest BCUT2D eigenvalue weighted by Gasteiger charge is 2.34. The quantitative estimate of drug-likeness (QED) is 0.263. The molecule has 0 amide bonds. The molecule has 198 valence electrons. The smallest absolute Gasteiger partial charge is 0.417 e. The first kappa shape index (κ1) is 28.5. The van der Waals surface area contributed by atoms with E-state index in [2.05, 4.69) is 11.8 Å². The Balaban J connectivity index is 1.74. The lowest BCUT2D eigenvalue weighted by molar-refractivity contribution is -0.138. The minimum Gasteiger partial charge on any atom is -0.494 e. The van der Waals surface area contributed by atoms with E-state index in [9.17, 15) is 18.0 Å². The molecule has 0 aliphatic carbocycles. The van der Waals surface area contributed by atoms with Crippen LogP contribution in [0.1, 0.15) is 48.4 Å². The van der Waals surface area contributed by atoms with Crippen LogP contribution in [0.25, 0.3) is 0 Å². The van der Waals surface area contributed by atoms with Crippen molar-refractivity contribution in [2.45, 2.75) is 51.4 Å². The van der Waals surface area contributed by atoms with Crippen molar-refractivity contribution in [1.29, 1.82) is 0 Å². The van der Waals surface area contributed by atoms with Crippen LogP contribution in [0.15, 0.2) is 72.8 Å². The molecular formula is C29H31ClF3NO3. The zero-order chi connectivity index (χ0) is 27.0. The molecular weight excluding hydrogens is 503 g/mol. The molecule has 0 aliphatic heterocycles. The van der Waals surface area contributed by atoms with Gasteiger partial charge in [-0.15, -0.1) is 0 Å². The van der Waals surface area contributed by atoms with Crippen molar-refractivity contribution in [3.63, 3.8) is 0 Å². The summed E-state index contributed by atoms with van der Waals surface area (Å²) in [5.74, 6) is -0.194. The van der Waals surface area contributed by atoms with Crippen LogP contribution >= 0.6 is 11.6 Å². The number of nitrogens with zero attached hydrogens (tertiary/aromatic N) is 1. The number of alkyl halides is 3. The van der Waals surface area contributed by atoms with Crippen LogP contribution in [0.4, 0.5) is 13.2 Å². The highest BCUT2D eigenvalue weighted by molar-refractivity contribution is 6.32. The van der Waals surface area contributed by atoms with Gasteiger partial charge in [-0.1, -0.05) is 73.1 Å².